The lowest BCUT2D eigenvalue weighted by atomic mass is 10.0. The van der Waals surface area contributed by atoms with Gasteiger partial charge in [0.05, 0.1) is 10.6 Å². The molecule has 0 saturated heterocycles. The number of carbonyl (C=O) groups excluding carboxylic acids is 1. The summed E-state index contributed by atoms with van der Waals surface area (Å²) in [5, 5.41) is 18.0. The number of amidine groups is 1. The summed E-state index contributed by atoms with van der Waals surface area (Å²) >= 11 is 6.02. The Balaban J connectivity index is 2.15. The van der Waals surface area contributed by atoms with Crippen molar-refractivity contribution >= 4 is 34.6 Å². The van der Waals surface area contributed by atoms with Crippen LogP contribution in [0, 0.1) is 10.1 Å². The molecule has 7 nitrogen and oxygen atoms in total. The number of nitrogens with zero attached hydrogens (tertiary/aromatic N) is 4. The van der Waals surface area contributed by atoms with E-state index in [9.17, 15) is 14.9 Å². The molecule has 28 heavy (non-hydrogen) atoms. The van der Waals surface area contributed by atoms with E-state index in [2.05, 4.69) is 5.10 Å². The zero-order chi connectivity index (χ0) is 20.6. The third kappa shape index (κ3) is 3.71. The Morgan fingerprint density at radius 3 is 2.14 bits per heavy atom. The second kappa shape index (κ2) is 7.24. The fourth-order valence-electron chi connectivity index (χ4n) is 3.21. The van der Waals surface area contributed by atoms with Crippen molar-refractivity contribution < 1.29 is 9.72 Å². The topological polar surface area (TPSA) is 79.0 Å². The Morgan fingerprint density at radius 2 is 1.68 bits per heavy atom. The predicted octanol–water partition coefficient (Wildman–Crippen LogP) is 4.77. The molecule has 1 atom stereocenters. The minimum Gasteiger partial charge on any atom is -0.321 e. The largest absolute Gasteiger partial charge is 0.321 e. The highest BCUT2D eigenvalue weighted by Crippen LogP contribution is 2.40. The number of hydrogen-bond donors (Lipinski definition) is 0. The number of benzene rings is 2. The van der Waals surface area contributed by atoms with Crippen molar-refractivity contribution in [3.63, 3.8) is 0 Å². The number of ketones is 1. The Morgan fingerprint density at radius 1 is 1.11 bits per heavy atom. The van der Waals surface area contributed by atoms with Crippen LogP contribution < -0.4 is 5.01 Å². The summed E-state index contributed by atoms with van der Waals surface area (Å²) in [7, 11) is 0. The van der Waals surface area contributed by atoms with E-state index >= 15 is 0 Å². The molecule has 0 spiro atoms. The normalized spacial score (nSPS) is 16.9. The summed E-state index contributed by atoms with van der Waals surface area (Å²) in [5.41, 5.74) is 1.14. The van der Waals surface area contributed by atoms with Crippen LogP contribution in [-0.4, -0.2) is 27.0 Å². The number of nitro groups is 1. The molecule has 0 aliphatic carbocycles. The quantitative estimate of drug-likeness (QED) is 0.545. The maximum Gasteiger partial charge on any atom is 0.269 e. The van der Waals surface area contributed by atoms with E-state index in [4.69, 9.17) is 11.6 Å². The monoisotopic (exact) mass is 400 g/mol. The van der Waals surface area contributed by atoms with Crippen LogP contribution in [0.4, 0.5) is 11.4 Å². The zero-order valence-electron chi connectivity index (χ0n) is 16.1. The number of nitro benzene ring substituents is 1. The summed E-state index contributed by atoms with van der Waals surface area (Å²) in [6.45, 7) is 7.47. The molecule has 0 amide bonds. The first-order valence-electron chi connectivity index (χ1n) is 8.77. The minimum absolute atomic E-state index is 0.00908. The number of anilines is 1. The van der Waals surface area contributed by atoms with Crippen LogP contribution in [0.3, 0.4) is 0 Å². The molecule has 0 unspecified atom stereocenters. The van der Waals surface area contributed by atoms with Gasteiger partial charge in [0.1, 0.15) is 0 Å². The molecule has 0 aromatic heterocycles. The third-order valence-corrected chi connectivity index (χ3v) is 4.69. The van der Waals surface area contributed by atoms with Crippen molar-refractivity contribution in [2.75, 3.05) is 5.01 Å². The molecule has 8 heteroatoms. The highest BCUT2D eigenvalue weighted by molar-refractivity contribution is 6.38. The fourth-order valence-corrected chi connectivity index (χ4v) is 3.33. The molecule has 0 fully saturated rings. The first kappa shape index (κ1) is 19.8. The maximum atomic E-state index is 12.3. The summed E-state index contributed by atoms with van der Waals surface area (Å²) in [4.78, 5) is 24.9. The number of carbonyl (C=O) groups is 1. The molecule has 2 aromatic carbocycles. The van der Waals surface area contributed by atoms with Crippen LogP contribution in [0.1, 0.15) is 39.4 Å². The molecule has 0 N–H and O–H groups in total. The smallest absolute Gasteiger partial charge is 0.269 e. The number of halogens is 1. The van der Waals surface area contributed by atoms with Crippen molar-refractivity contribution in [2.45, 2.75) is 39.4 Å². The van der Waals surface area contributed by atoms with Gasteiger partial charge in [0.2, 0.25) is 0 Å². The van der Waals surface area contributed by atoms with Gasteiger partial charge in [0.15, 0.2) is 17.8 Å². The fraction of sp³-hybridized carbons (Fsp3) is 0.300. The van der Waals surface area contributed by atoms with Crippen molar-refractivity contribution in [2.24, 2.45) is 5.10 Å². The number of hydrogen-bond acceptors (Lipinski definition) is 6. The molecule has 146 valence electrons. The van der Waals surface area contributed by atoms with Crippen LogP contribution in [0.2, 0.25) is 5.02 Å². The average molecular weight is 401 g/mol. The average Bonchev–Trinajstić information content (AvgIpc) is 3.03. The van der Waals surface area contributed by atoms with Gasteiger partial charge in [-0.05, 0) is 62.7 Å². The Labute approximate surface area is 168 Å². The van der Waals surface area contributed by atoms with E-state index in [1.807, 2.05) is 37.8 Å². The van der Waals surface area contributed by atoms with Gasteiger partial charge in [-0.1, -0.05) is 11.6 Å². The molecule has 1 aliphatic heterocycles. The van der Waals surface area contributed by atoms with E-state index in [1.165, 1.54) is 19.1 Å². The predicted molar refractivity (Wildman–Crippen MR) is 109 cm³/mol. The second-order valence-electron chi connectivity index (χ2n) is 7.56. The van der Waals surface area contributed by atoms with Crippen LogP contribution in [0.5, 0.6) is 0 Å². The summed E-state index contributed by atoms with van der Waals surface area (Å²) in [6.07, 6.45) is -0.430. The molecule has 3 rings (SSSR count). The summed E-state index contributed by atoms with van der Waals surface area (Å²) in [6, 6.07) is 13.5. The Kier molecular flexibility index (Phi) is 5.12. The lowest BCUT2D eigenvalue weighted by Crippen LogP contribution is -2.49. The van der Waals surface area contributed by atoms with Gasteiger partial charge in [0.25, 0.3) is 5.69 Å². The van der Waals surface area contributed by atoms with Crippen LogP contribution >= 0.6 is 11.6 Å². The SMILES string of the molecule is CC(=O)C1=NN(c2ccc(Cl)cc2)[C@H](c2ccc([N+](=O)[O-])cc2)N1C(C)(C)C. The maximum absolute atomic E-state index is 12.3. The minimum atomic E-state index is -0.436. The Bertz CT molecular complexity index is 933. The van der Waals surface area contributed by atoms with Crippen LogP contribution in [-0.2, 0) is 4.79 Å². The highest BCUT2D eigenvalue weighted by Gasteiger charge is 2.43. The van der Waals surface area contributed by atoms with E-state index in [0.29, 0.717) is 10.9 Å². The molecule has 2 aromatic rings. The number of hydrazone groups is 1. The third-order valence-electron chi connectivity index (χ3n) is 4.44. The van der Waals surface area contributed by atoms with Crippen molar-refractivity contribution in [1.82, 2.24) is 4.90 Å². The zero-order valence-corrected chi connectivity index (χ0v) is 16.8. The van der Waals surface area contributed by atoms with Crippen molar-refractivity contribution in [1.29, 1.82) is 0 Å². The highest BCUT2D eigenvalue weighted by atomic mass is 35.5. The summed E-state index contributed by atoms with van der Waals surface area (Å²) < 4.78 is 0. The van der Waals surface area contributed by atoms with Gasteiger partial charge < -0.3 is 4.90 Å². The number of rotatable bonds is 4. The summed E-state index contributed by atoms with van der Waals surface area (Å²) in [5.74, 6) is 0.184. The van der Waals surface area contributed by atoms with Crippen LogP contribution in [0.25, 0.3) is 0 Å². The standard InChI is InChI=1S/C20H21ClN4O3/c1-13(26)18-22-24(16-11-7-15(21)8-12-16)19(23(18)20(2,3)4)14-5-9-17(10-6-14)25(27)28/h5-12,19H,1-4H3/t19-/m1/s1. The van der Waals surface area contributed by atoms with E-state index in [-0.39, 0.29) is 11.5 Å². The van der Waals surface area contributed by atoms with Gasteiger partial charge >= 0.3 is 0 Å². The molecule has 1 aliphatic rings. The second-order valence-corrected chi connectivity index (χ2v) is 8.00. The molecule has 0 radical (unpaired) electrons. The molecular weight excluding hydrogens is 380 g/mol. The molecular formula is C20H21ClN4O3. The van der Waals surface area contributed by atoms with Crippen LogP contribution in [0.15, 0.2) is 53.6 Å². The number of Topliss-reactive ketones (excluding diaryl/α,β-unsaturated/α-hetero) is 1. The molecule has 1 heterocycles. The Hall–Kier alpha value is -2.93. The first-order chi connectivity index (χ1) is 13.1. The van der Waals surface area contributed by atoms with Crippen molar-refractivity contribution in [3.8, 4) is 0 Å². The molecule has 0 bridgehead atoms. The van der Waals surface area contributed by atoms with E-state index in [1.54, 1.807) is 29.3 Å². The van der Waals surface area contributed by atoms with E-state index < -0.39 is 16.6 Å². The van der Waals surface area contributed by atoms with Gasteiger partial charge in [-0.25, -0.2) is 5.01 Å². The van der Waals surface area contributed by atoms with Crippen molar-refractivity contribution in [3.05, 3.63) is 69.2 Å². The molecule has 0 saturated carbocycles. The lowest BCUT2D eigenvalue weighted by Gasteiger charge is -2.40. The van der Waals surface area contributed by atoms with Gasteiger partial charge in [0, 0.05) is 29.6 Å². The first-order valence-corrected chi connectivity index (χ1v) is 9.15. The number of non-ortho nitro benzene ring substituents is 1. The van der Waals surface area contributed by atoms with Gasteiger partial charge in [-0.3, -0.25) is 14.9 Å². The lowest BCUT2D eigenvalue weighted by molar-refractivity contribution is -0.384. The van der Waals surface area contributed by atoms with E-state index in [0.717, 1.165) is 11.3 Å². The van der Waals surface area contributed by atoms with Gasteiger partial charge in [-0.15, -0.1) is 5.10 Å². The van der Waals surface area contributed by atoms with Gasteiger partial charge in [-0.2, -0.15) is 0 Å².